The normalized spacial score (nSPS) is 12.3. The fraction of sp³-hybridized carbons (Fsp3) is 0.800. The van der Waals surface area contributed by atoms with E-state index in [0.717, 1.165) is 44.0 Å². The van der Waals surface area contributed by atoms with E-state index in [9.17, 15) is 0 Å². The molecule has 5 heteroatoms. The highest BCUT2D eigenvalue weighted by Gasteiger charge is 2.18. The largest absolute Gasteiger partial charge is 0.344 e. The Bertz CT molecular complexity index is 399. The molecule has 0 aromatic carbocycles. The van der Waals surface area contributed by atoms with Crippen LogP contribution in [-0.2, 0) is 13.0 Å². The number of imidazole rings is 1. The van der Waals surface area contributed by atoms with Gasteiger partial charge in [-0.3, -0.25) is 0 Å². The summed E-state index contributed by atoms with van der Waals surface area (Å²) in [7, 11) is 4.21. The molecule has 0 atom stereocenters. The molecule has 20 heavy (non-hydrogen) atoms. The number of nitrogens with one attached hydrogen (secondary N) is 2. The van der Waals surface area contributed by atoms with E-state index < -0.39 is 0 Å². The standard InChI is InChI=1S/C15H29ClN4/c1-6-7-8-13-18-12(14(16)19-13)9-17-10-15(2,3)11-20(4)5/h17H,6-11H2,1-5H3,(H,18,19). The molecule has 0 aliphatic carbocycles. The third-order valence-electron chi connectivity index (χ3n) is 3.19. The zero-order valence-electron chi connectivity index (χ0n) is 13.5. The van der Waals surface area contributed by atoms with Crippen LogP contribution in [0.25, 0.3) is 0 Å². The molecule has 1 rings (SSSR count). The summed E-state index contributed by atoms with van der Waals surface area (Å²) in [6.07, 6.45) is 3.29. The molecular formula is C15H29ClN4. The van der Waals surface area contributed by atoms with E-state index in [0.29, 0.717) is 5.15 Å². The quantitative estimate of drug-likeness (QED) is 0.736. The minimum Gasteiger partial charge on any atom is -0.344 e. The van der Waals surface area contributed by atoms with Crippen LogP contribution in [0.3, 0.4) is 0 Å². The zero-order valence-corrected chi connectivity index (χ0v) is 14.3. The number of H-pyrrole nitrogens is 1. The van der Waals surface area contributed by atoms with Gasteiger partial charge in [0.05, 0.1) is 5.69 Å². The van der Waals surface area contributed by atoms with Crippen LogP contribution in [0.4, 0.5) is 0 Å². The van der Waals surface area contributed by atoms with E-state index >= 15 is 0 Å². The van der Waals surface area contributed by atoms with Crippen LogP contribution < -0.4 is 5.32 Å². The Kier molecular flexibility index (Phi) is 7.00. The van der Waals surface area contributed by atoms with Crippen LogP contribution >= 0.6 is 11.6 Å². The maximum Gasteiger partial charge on any atom is 0.151 e. The number of aromatic nitrogens is 2. The van der Waals surface area contributed by atoms with Crippen LogP contribution in [0.15, 0.2) is 0 Å². The number of hydrogen-bond acceptors (Lipinski definition) is 3. The van der Waals surface area contributed by atoms with Crippen LogP contribution in [-0.4, -0.2) is 42.1 Å². The highest BCUT2D eigenvalue weighted by molar-refractivity contribution is 6.30. The second kappa shape index (κ2) is 8.01. The summed E-state index contributed by atoms with van der Waals surface area (Å²) in [5.74, 6) is 1.00. The SMILES string of the molecule is CCCCc1nc(Cl)c(CNCC(C)(C)CN(C)C)[nH]1. The first-order valence-electron chi connectivity index (χ1n) is 7.43. The van der Waals surface area contributed by atoms with Crippen molar-refractivity contribution >= 4 is 11.6 Å². The first kappa shape index (κ1) is 17.5. The van der Waals surface area contributed by atoms with Crippen molar-refractivity contribution in [3.8, 4) is 0 Å². The van der Waals surface area contributed by atoms with Crippen molar-refractivity contribution < 1.29 is 0 Å². The summed E-state index contributed by atoms with van der Waals surface area (Å²) in [5, 5.41) is 4.08. The summed E-state index contributed by atoms with van der Waals surface area (Å²) >= 11 is 6.17. The van der Waals surface area contributed by atoms with Crippen molar-refractivity contribution in [3.63, 3.8) is 0 Å². The second-order valence-corrected chi connectivity index (χ2v) is 6.92. The molecule has 4 nitrogen and oxygen atoms in total. The zero-order chi connectivity index (χ0) is 15.2. The van der Waals surface area contributed by atoms with E-state index in [-0.39, 0.29) is 5.41 Å². The van der Waals surface area contributed by atoms with Gasteiger partial charge in [0.2, 0.25) is 0 Å². The van der Waals surface area contributed by atoms with Gasteiger partial charge in [-0.05, 0) is 25.9 Å². The molecular weight excluding hydrogens is 272 g/mol. The summed E-state index contributed by atoms with van der Waals surface area (Å²) < 4.78 is 0. The van der Waals surface area contributed by atoms with Gasteiger partial charge in [-0.25, -0.2) is 4.98 Å². The van der Waals surface area contributed by atoms with Gasteiger partial charge in [0, 0.05) is 26.1 Å². The number of halogens is 1. The molecule has 0 aliphatic rings. The molecule has 0 fully saturated rings. The van der Waals surface area contributed by atoms with Crippen molar-refractivity contribution in [3.05, 3.63) is 16.7 Å². The Balaban J connectivity index is 2.43. The van der Waals surface area contributed by atoms with Crippen LogP contribution in [0.2, 0.25) is 5.15 Å². The summed E-state index contributed by atoms with van der Waals surface area (Å²) in [6, 6.07) is 0. The van der Waals surface area contributed by atoms with Gasteiger partial charge in [0.1, 0.15) is 5.82 Å². The summed E-state index contributed by atoms with van der Waals surface area (Å²) in [5.41, 5.74) is 1.24. The van der Waals surface area contributed by atoms with Gasteiger partial charge in [0.15, 0.2) is 5.15 Å². The van der Waals surface area contributed by atoms with Gasteiger partial charge in [-0.2, -0.15) is 0 Å². The molecule has 0 spiro atoms. The third-order valence-corrected chi connectivity index (χ3v) is 3.51. The lowest BCUT2D eigenvalue weighted by Gasteiger charge is -2.28. The van der Waals surface area contributed by atoms with E-state index in [4.69, 9.17) is 11.6 Å². The lowest BCUT2D eigenvalue weighted by atomic mass is 9.93. The number of rotatable bonds is 9. The second-order valence-electron chi connectivity index (χ2n) is 6.56. The summed E-state index contributed by atoms with van der Waals surface area (Å²) in [6.45, 7) is 9.46. The summed E-state index contributed by atoms with van der Waals surface area (Å²) in [4.78, 5) is 9.92. The molecule has 0 bridgehead atoms. The van der Waals surface area contributed by atoms with Gasteiger partial charge in [0.25, 0.3) is 0 Å². The van der Waals surface area contributed by atoms with Crippen molar-refractivity contribution in [1.29, 1.82) is 0 Å². The Hall–Kier alpha value is -0.580. The highest BCUT2D eigenvalue weighted by Crippen LogP contribution is 2.17. The van der Waals surface area contributed by atoms with Gasteiger partial charge in [-0.15, -0.1) is 0 Å². The monoisotopic (exact) mass is 300 g/mol. The number of nitrogens with zero attached hydrogens (tertiary/aromatic N) is 2. The predicted molar refractivity (Wildman–Crippen MR) is 86.3 cm³/mol. The van der Waals surface area contributed by atoms with Crippen molar-refractivity contribution in [1.82, 2.24) is 20.2 Å². The van der Waals surface area contributed by atoms with Crippen LogP contribution in [0, 0.1) is 5.41 Å². The van der Waals surface area contributed by atoms with Crippen LogP contribution in [0.5, 0.6) is 0 Å². The molecule has 1 aromatic heterocycles. The number of aryl methyl sites for hydroxylation is 1. The topological polar surface area (TPSA) is 44.0 Å². The molecule has 1 heterocycles. The lowest BCUT2D eigenvalue weighted by molar-refractivity contribution is 0.232. The van der Waals surface area contributed by atoms with Crippen LogP contribution in [0.1, 0.15) is 45.1 Å². The fourth-order valence-corrected chi connectivity index (χ4v) is 2.67. The van der Waals surface area contributed by atoms with E-state index in [2.05, 4.69) is 55.1 Å². The average molecular weight is 301 g/mol. The Morgan fingerprint density at radius 2 is 2.05 bits per heavy atom. The predicted octanol–water partition coefficient (Wildman–Crippen LogP) is 3.08. The first-order valence-corrected chi connectivity index (χ1v) is 7.80. The number of aromatic amines is 1. The van der Waals surface area contributed by atoms with Crippen molar-refractivity contribution in [2.75, 3.05) is 27.2 Å². The molecule has 0 unspecified atom stereocenters. The van der Waals surface area contributed by atoms with E-state index in [1.54, 1.807) is 0 Å². The molecule has 0 saturated heterocycles. The molecule has 0 saturated carbocycles. The molecule has 0 aliphatic heterocycles. The minimum absolute atomic E-state index is 0.237. The molecule has 0 radical (unpaired) electrons. The average Bonchev–Trinajstić information content (AvgIpc) is 2.65. The van der Waals surface area contributed by atoms with Gasteiger partial charge in [-0.1, -0.05) is 38.8 Å². The lowest BCUT2D eigenvalue weighted by Crippen LogP contribution is -2.37. The minimum atomic E-state index is 0.237. The smallest absolute Gasteiger partial charge is 0.151 e. The fourth-order valence-electron chi connectivity index (χ4n) is 2.46. The third kappa shape index (κ3) is 6.25. The Morgan fingerprint density at radius 3 is 2.65 bits per heavy atom. The van der Waals surface area contributed by atoms with E-state index in [1.807, 2.05) is 0 Å². The highest BCUT2D eigenvalue weighted by atomic mass is 35.5. The molecule has 116 valence electrons. The van der Waals surface area contributed by atoms with Gasteiger partial charge < -0.3 is 15.2 Å². The Morgan fingerprint density at radius 1 is 1.35 bits per heavy atom. The maximum atomic E-state index is 6.17. The first-order chi connectivity index (χ1) is 9.34. The molecule has 0 amide bonds. The number of hydrogen-bond donors (Lipinski definition) is 2. The molecule has 1 aromatic rings. The molecule has 2 N–H and O–H groups in total. The Labute approximate surface area is 128 Å². The van der Waals surface area contributed by atoms with Crippen molar-refractivity contribution in [2.24, 2.45) is 5.41 Å². The maximum absolute atomic E-state index is 6.17. The van der Waals surface area contributed by atoms with Gasteiger partial charge >= 0.3 is 0 Å². The number of unbranched alkanes of at least 4 members (excludes halogenated alkanes) is 1. The van der Waals surface area contributed by atoms with E-state index in [1.165, 1.54) is 6.42 Å². The van der Waals surface area contributed by atoms with Crippen molar-refractivity contribution in [2.45, 2.75) is 46.6 Å².